The van der Waals surface area contributed by atoms with Gasteiger partial charge in [0.1, 0.15) is 11.3 Å². The van der Waals surface area contributed by atoms with Gasteiger partial charge in [0.2, 0.25) is 0 Å². The Balaban J connectivity index is 1.67. The molecule has 2 aromatic carbocycles. The topological polar surface area (TPSA) is 59.8 Å². The third-order valence-electron chi connectivity index (χ3n) is 4.72. The summed E-state index contributed by atoms with van der Waals surface area (Å²) in [5.74, 6) is 0.697. The van der Waals surface area contributed by atoms with Crippen LogP contribution >= 0.6 is 11.6 Å². The largest absolute Gasteiger partial charge is 0.348 e. The van der Waals surface area contributed by atoms with Crippen molar-refractivity contribution in [1.29, 1.82) is 0 Å². The SMILES string of the molecule is Cc1c(C(=O)NCc2cccc(Cl)c2)cccc1-n1c(C)nc2cccnc21. The number of nitrogens with zero attached hydrogens (tertiary/aromatic N) is 3. The number of halogens is 1. The highest BCUT2D eigenvalue weighted by atomic mass is 35.5. The van der Waals surface area contributed by atoms with Crippen LogP contribution in [0.5, 0.6) is 0 Å². The van der Waals surface area contributed by atoms with Gasteiger partial charge in [0.15, 0.2) is 5.65 Å². The number of rotatable bonds is 4. The van der Waals surface area contributed by atoms with E-state index in [2.05, 4.69) is 15.3 Å². The van der Waals surface area contributed by atoms with E-state index in [9.17, 15) is 4.79 Å². The lowest BCUT2D eigenvalue weighted by Gasteiger charge is -2.14. The molecule has 4 rings (SSSR count). The molecule has 0 fully saturated rings. The Morgan fingerprint density at radius 2 is 1.93 bits per heavy atom. The molecule has 0 radical (unpaired) electrons. The first-order chi connectivity index (χ1) is 13.5. The molecule has 2 aromatic heterocycles. The molecule has 0 unspecified atom stereocenters. The minimum atomic E-state index is -0.130. The van der Waals surface area contributed by atoms with Crippen molar-refractivity contribution in [3.63, 3.8) is 0 Å². The van der Waals surface area contributed by atoms with Gasteiger partial charge in [0.05, 0.1) is 5.69 Å². The number of aryl methyl sites for hydroxylation is 1. The van der Waals surface area contributed by atoms with Crippen LogP contribution in [0, 0.1) is 13.8 Å². The van der Waals surface area contributed by atoms with Crippen molar-refractivity contribution in [1.82, 2.24) is 19.9 Å². The minimum Gasteiger partial charge on any atom is -0.348 e. The van der Waals surface area contributed by atoms with Crippen molar-refractivity contribution in [3.8, 4) is 5.69 Å². The number of pyridine rings is 1. The highest BCUT2D eigenvalue weighted by Gasteiger charge is 2.16. The first-order valence-corrected chi connectivity index (χ1v) is 9.35. The van der Waals surface area contributed by atoms with Crippen LogP contribution in [-0.2, 0) is 6.54 Å². The molecular formula is C22H19ClN4O. The molecule has 28 heavy (non-hydrogen) atoms. The van der Waals surface area contributed by atoms with E-state index >= 15 is 0 Å². The Morgan fingerprint density at radius 3 is 2.75 bits per heavy atom. The number of aromatic nitrogens is 3. The normalized spacial score (nSPS) is 11.0. The van der Waals surface area contributed by atoms with Crippen LogP contribution in [0.3, 0.4) is 0 Å². The predicted molar refractivity (Wildman–Crippen MR) is 111 cm³/mol. The van der Waals surface area contributed by atoms with Gasteiger partial charge in [-0.25, -0.2) is 9.97 Å². The van der Waals surface area contributed by atoms with E-state index in [4.69, 9.17) is 11.6 Å². The van der Waals surface area contributed by atoms with E-state index in [1.807, 2.05) is 73.0 Å². The monoisotopic (exact) mass is 390 g/mol. The number of amides is 1. The Labute approximate surface area is 168 Å². The summed E-state index contributed by atoms with van der Waals surface area (Å²) in [6.45, 7) is 4.29. The lowest BCUT2D eigenvalue weighted by Crippen LogP contribution is -2.24. The molecule has 4 aromatic rings. The molecular weight excluding hydrogens is 372 g/mol. The summed E-state index contributed by atoms with van der Waals surface area (Å²) in [5.41, 5.74) is 4.95. The molecule has 5 nitrogen and oxygen atoms in total. The standard InChI is InChI=1S/C22H19ClN4O/c1-14-18(22(28)25-13-16-6-3-7-17(23)12-16)8-4-10-20(14)27-15(2)26-19-9-5-11-24-21(19)27/h3-12H,13H2,1-2H3,(H,25,28). The van der Waals surface area contributed by atoms with E-state index < -0.39 is 0 Å². The number of fused-ring (bicyclic) bond motifs is 1. The number of benzene rings is 2. The molecule has 6 heteroatoms. The number of hydrogen-bond acceptors (Lipinski definition) is 3. The third kappa shape index (κ3) is 3.37. The van der Waals surface area contributed by atoms with Crippen LogP contribution in [0.1, 0.15) is 27.3 Å². The Hall–Kier alpha value is -3.18. The molecule has 1 N–H and O–H groups in total. The number of carbonyl (C=O) groups is 1. The maximum Gasteiger partial charge on any atom is 0.251 e. The van der Waals surface area contributed by atoms with Gasteiger partial charge in [-0.15, -0.1) is 0 Å². The molecule has 2 heterocycles. The zero-order chi connectivity index (χ0) is 19.7. The summed E-state index contributed by atoms with van der Waals surface area (Å²) in [6.07, 6.45) is 1.75. The van der Waals surface area contributed by atoms with E-state index in [0.717, 1.165) is 33.8 Å². The second-order valence-electron chi connectivity index (χ2n) is 6.60. The Morgan fingerprint density at radius 1 is 1.11 bits per heavy atom. The Kier molecular flexibility index (Phi) is 4.84. The molecule has 1 amide bonds. The fourth-order valence-corrected chi connectivity index (χ4v) is 3.56. The van der Waals surface area contributed by atoms with Gasteiger partial charge in [0.25, 0.3) is 5.91 Å². The van der Waals surface area contributed by atoms with Crippen LogP contribution in [0.4, 0.5) is 0 Å². The number of carbonyl (C=O) groups excluding carboxylic acids is 1. The molecule has 140 valence electrons. The molecule has 0 saturated carbocycles. The molecule has 0 aliphatic rings. The maximum atomic E-state index is 12.8. The van der Waals surface area contributed by atoms with Crippen molar-refractivity contribution >= 4 is 28.7 Å². The summed E-state index contributed by atoms with van der Waals surface area (Å²) in [6, 6.07) is 16.9. The molecule has 0 aliphatic heterocycles. The first-order valence-electron chi connectivity index (χ1n) is 8.97. The van der Waals surface area contributed by atoms with Gasteiger partial charge < -0.3 is 5.32 Å². The van der Waals surface area contributed by atoms with Crippen LogP contribution in [0.2, 0.25) is 5.02 Å². The number of nitrogens with one attached hydrogen (secondary N) is 1. The average Bonchev–Trinajstić information content (AvgIpc) is 3.02. The molecule has 0 saturated heterocycles. The zero-order valence-electron chi connectivity index (χ0n) is 15.6. The summed E-state index contributed by atoms with van der Waals surface area (Å²) >= 11 is 6.02. The average molecular weight is 391 g/mol. The van der Waals surface area contributed by atoms with E-state index in [1.165, 1.54) is 0 Å². The van der Waals surface area contributed by atoms with Gasteiger partial charge in [-0.3, -0.25) is 9.36 Å². The molecule has 0 aliphatic carbocycles. The summed E-state index contributed by atoms with van der Waals surface area (Å²) < 4.78 is 1.98. The first kappa shape index (κ1) is 18.2. The lowest BCUT2D eigenvalue weighted by atomic mass is 10.1. The van der Waals surface area contributed by atoms with Crippen LogP contribution in [0.25, 0.3) is 16.9 Å². The molecule has 0 spiro atoms. The highest BCUT2D eigenvalue weighted by molar-refractivity contribution is 6.30. The van der Waals surface area contributed by atoms with Gasteiger partial charge in [-0.1, -0.05) is 29.8 Å². The second kappa shape index (κ2) is 7.44. The molecule has 0 atom stereocenters. The van der Waals surface area contributed by atoms with Crippen molar-refractivity contribution in [3.05, 3.63) is 88.3 Å². The molecule has 0 bridgehead atoms. The van der Waals surface area contributed by atoms with Crippen molar-refractivity contribution in [2.24, 2.45) is 0 Å². The lowest BCUT2D eigenvalue weighted by molar-refractivity contribution is 0.0950. The van der Waals surface area contributed by atoms with Gasteiger partial charge >= 0.3 is 0 Å². The quantitative estimate of drug-likeness (QED) is 0.553. The van der Waals surface area contributed by atoms with Crippen LogP contribution < -0.4 is 5.32 Å². The summed E-state index contributed by atoms with van der Waals surface area (Å²) in [4.78, 5) is 21.9. The van der Waals surface area contributed by atoms with E-state index in [1.54, 1.807) is 6.20 Å². The van der Waals surface area contributed by atoms with E-state index in [-0.39, 0.29) is 5.91 Å². The maximum absolute atomic E-state index is 12.8. The van der Waals surface area contributed by atoms with Crippen molar-refractivity contribution < 1.29 is 4.79 Å². The highest BCUT2D eigenvalue weighted by Crippen LogP contribution is 2.24. The van der Waals surface area contributed by atoms with E-state index in [0.29, 0.717) is 17.1 Å². The van der Waals surface area contributed by atoms with Gasteiger partial charge in [-0.05, 0) is 61.4 Å². The van der Waals surface area contributed by atoms with Crippen molar-refractivity contribution in [2.45, 2.75) is 20.4 Å². The number of imidazole rings is 1. The third-order valence-corrected chi connectivity index (χ3v) is 4.95. The fraction of sp³-hybridized carbons (Fsp3) is 0.136. The second-order valence-corrected chi connectivity index (χ2v) is 7.04. The summed E-state index contributed by atoms with van der Waals surface area (Å²) in [7, 11) is 0. The van der Waals surface area contributed by atoms with Crippen LogP contribution in [-0.4, -0.2) is 20.4 Å². The minimum absolute atomic E-state index is 0.130. The predicted octanol–water partition coefficient (Wildman–Crippen LogP) is 4.62. The summed E-state index contributed by atoms with van der Waals surface area (Å²) in [5, 5.41) is 3.62. The zero-order valence-corrected chi connectivity index (χ0v) is 16.4. The van der Waals surface area contributed by atoms with Gasteiger partial charge in [0, 0.05) is 23.3 Å². The fourth-order valence-electron chi connectivity index (χ4n) is 3.35. The smallest absolute Gasteiger partial charge is 0.251 e. The number of hydrogen-bond donors (Lipinski definition) is 1. The van der Waals surface area contributed by atoms with Gasteiger partial charge in [-0.2, -0.15) is 0 Å². The Bertz CT molecular complexity index is 1180. The van der Waals surface area contributed by atoms with Crippen molar-refractivity contribution in [2.75, 3.05) is 0 Å². The van der Waals surface area contributed by atoms with Crippen LogP contribution in [0.15, 0.2) is 60.8 Å².